The van der Waals surface area contributed by atoms with Crippen molar-refractivity contribution in [2.75, 3.05) is 6.61 Å². The summed E-state index contributed by atoms with van der Waals surface area (Å²) in [5, 5.41) is 0.680. The van der Waals surface area contributed by atoms with E-state index in [2.05, 4.69) is 9.71 Å². The minimum atomic E-state index is -4.73. The molecule has 11 heteroatoms. The van der Waals surface area contributed by atoms with Crippen molar-refractivity contribution in [1.29, 1.82) is 0 Å². The summed E-state index contributed by atoms with van der Waals surface area (Å²) < 4.78 is 71.9. The van der Waals surface area contributed by atoms with E-state index in [-0.39, 0.29) is 12.3 Å². The lowest BCUT2D eigenvalue weighted by Gasteiger charge is -2.19. The number of H-pyrrole nitrogens is 1. The molecule has 0 aliphatic carbocycles. The number of benzene rings is 2. The molecule has 0 radical (unpaired) electrons. The van der Waals surface area contributed by atoms with Crippen LogP contribution in [-0.4, -0.2) is 37.8 Å². The number of hydrogen-bond donors (Lipinski definition) is 2. The van der Waals surface area contributed by atoms with Crippen LogP contribution in [0, 0.1) is 5.92 Å². The number of halogens is 3. The maximum Gasteiger partial charge on any atom is 0.416 e. The van der Waals surface area contributed by atoms with Crippen LogP contribution in [0.2, 0.25) is 0 Å². The maximum atomic E-state index is 13.0. The van der Waals surface area contributed by atoms with E-state index in [4.69, 9.17) is 4.74 Å². The van der Waals surface area contributed by atoms with E-state index in [1.807, 2.05) is 19.1 Å². The van der Waals surface area contributed by atoms with Crippen molar-refractivity contribution in [3.63, 3.8) is 0 Å². The fourth-order valence-electron chi connectivity index (χ4n) is 3.82. The number of aromatic nitrogens is 1. The van der Waals surface area contributed by atoms with Crippen LogP contribution in [0.4, 0.5) is 13.2 Å². The Kier molecular flexibility index (Phi) is 8.25. The van der Waals surface area contributed by atoms with E-state index in [1.165, 1.54) is 6.20 Å². The second kappa shape index (κ2) is 10.8. The molecule has 7 nitrogen and oxygen atoms in total. The zero-order chi connectivity index (χ0) is 26.7. The second-order valence-electron chi connectivity index (χ2n) is 8.76. The summed E-state index contributed by atoms with van der Waals surface area (Å²) in [5.41, 5.74) is 1.02. The summed E-state index contributed by atoms with van der Waals surface area (Å²) in [4.78, 5) is 27.9. The molecule has 0 bridgehead atoms. The van der Waals surface area contributed by atoms with Crippen LogP contribution < -0.4 is 4.72 Å². The van der Waals surface area contributed by atoms with Gasteiger partial charge in [0, 0.05) is 22.7 Å². The van der Waals surface area contributed by atoms with Crippen molar-refractivity contribution in [3.05, 3.63) is 65.4 Å². The normalized spacial score (nSPS) is 13.2. The topological polar surface area (TPSA) is 105 Å². The summed E-state index contributed by atoms with van der Waals surface area (Å²) in [6.45, 7) is 4.83. The van der Waals surface area contributed by atoms with E-state index in [9.17, 15) is 31.2 Å². The molecule has 1 heterocycles. The van der Waals surface area contributed by atoms with Gasteiger partial charge in [-0.3, -0.25) is 9.59 Å². The lowest BCUT2D eigenvalue weighted by Crippen LogP contribution is -2.43. The number of fused-ring (bicyclic) bond motifs is 1. The van der Waals surface area contributed by atoms with Gasteiger partial charge in [-0.15, -0.1) is 0 Å². The number of nitrogens with one attached hydrogen (secondary N) is 2. The van der Waals surface area contributed by atoms with Crippen LogP contribution in [0.15, 0.2) is 53.6 Å². The van der Waals surface area contributed by atoms with Gasteiger partial charge in [-0.2, -0.15) is 17.9 Å². The molecule has 0 saturated heterocycles. The molecule has 0 fully saturated rings. The standard InChI is InChI=1S/C25H27F3N2O5S/c1-4-16-7-5-10-19-20(13-29-23(16)19)22(31)14-35-24(32)21(11-15(2)3)30-36(33,34)18-9-6-8-17(12-18)25(26,27)28/h5-10,12-13,15,21,29-30H,4,11,14H2,1-3H3. The number of esters is 1. The number of ketones is 1. The molecule has 1 atom stereocenters. The van der Waals surface area contributed by atoms with E-state index >= 15 is 0 Å². The zero-order valence-electron chi connectivity index (χ0n) is 20.0. The molecule has 0 spiro atoms. The molecule has 2 aromatic carbocycles. The molecule has 0 aliphatic rings. The summed E-state index contributed by atoms with van der Waals surface area (Å²) in [6.07, 6.45) is -2.44. The van der Waals surface area contributed by atoms with Gasteiger partial charge in [0.15, 0.2) is 6.61 Å². The third kappa shape index (κ3) is 6.33. The highest BCUT2D eigenvalue weighted by atomic mass is 32.2. The summed E-state index contributed by atoms with van der Waals surface area (Å²) >= 11 is 0. The van der Waals surface area contributed by atoms with E-state index in [1.54, 1.807) is 19.9 Å². The maximum absolute atomic E-state index is 13.0. The van der Waals surface area contributed by atoms with Crippen molar-refractivity contribution in [1.82, 2.24) is 9.71 Å². The van der Waals surface area contributed by atoms with Crippen LogP contribution >= 0.6 is 0 Å². The Bertz CT molecular complexity index is 1360. The lowest BCUT2D eigenvalue weighted by atomic mass is 10.0. The van der Waals surface area contributed by atoms with Gasteiger partial charge < -0.3 is 9.72 Å². The summed E-state index contributed by atoms with van der Waals surface area (Å²) in [5.74, 6) is -1.64. The highest BCUT2D eigenvalue weighted by Gasteiger charge is 2.33. The van der Waals surface area contributed by atoms with Crippen LogP contribution in [0.3, 0.4) is 0 Å². The number of aromatic amines is 1. The number of carbonyl (C=O) groups excluding carboxylic acids is 2. The minimum absolute atomic E-state index is 0.0121. The fourth-order valence-corrected chi connectivity index (χ4v) is 5.06. The summed E-state index contributed by atoms with van der Waals surface area (Å²) in [6, 6.07) is 7.33. The van der Waals surface area contributed by atoms with Gasteiger partial charge in [0.05, 0.1) is 10.5 Å². The van der Waals surface area contributed by atoms with Gasteiger partial charge >= 0.3 is 12.1 Å². The van der Waals surface area contributed by atoms with Gasteiger partial charge in [0.25, 0.3) is 0 Å². The number of ether oxygens (including phenoxy) is 1. The monoisotopic (exact) mass is 524 g/mol. The first-order chi connectivity index (χ1) is 16.8. The summed E-state index contributed by atoms with van der Waals surface area (Å²) in [7, 11) is -4.49. The molecule has 0 amide bonds. The Morgan fingerprint density at radius 3 is 2.44 bits per heavy atom. The third-order valence-corrected chi connectivity index (χ3v) is 7.06. The van der Waals surface area contributed by atoms with E-state index < -0.39 is 51.1 Å². The van der Waals surface area contributed by atoms with Gasteiger partial charge in [0.1, 0.15) is 6.04 Å². The van der Waals surface area contributed by atoms with Crippen LogP contribution in [0.1, 0.15) is 48.7 Å². The van der Waals surface area contributed by atoms with Gasteiger partial charge in [0.2, 0.25) is 15.8 Å². The molecular formula is C25H27F3N2O5S. The highest BCUT2D eigenvalue weighted by Crippen LogP contribution is 2.30. The van der Waals surface area contributed by atoms with Crippen LogP contribution in [0.5, 0.6) is 0 Å². The van der Waals surface area contributed by atoms with E-state index in [0.717, 1.165) is 35.7 Å². The number of Topliss-reactive ketones (excluding diaryl/α,β-unsaturated/α-hetero) is 1. The number of alkyl halides is 3. The molecule has 194 valence electrons. The Morgan fingerprint density at radius 1 is 1.11 bits per heavy atom. The number of para-hydroxylation sites is 1. The van der Waals surface area contributed by atoms with E-state index in [0.29, 0.717) is 17.0 Å². The van der Waals surface area contributed by atoms with Crippen molar-refractivity contribution in [2.45, 2.75) is 50.7 Å². The number of sulfonamides is 1. The van der Waals surface area contributed by atoms with Crippen molar-refractivity contribution >= 4 is 32.7 Å². The first-order valence-corrected chi connectivity index (χ1v) is 12.8. The van der Waals surface area contributed by atoms with Crippen molar-refractivity contribution in [2.24, 2.45) is 5.92 Å². The molecule has 3 aromatic rings. The molecule has 2 N–H and O–H groups in total. The predicted molar refractivity (Wildman–Crippen MR) is 128 cm³/mol. The second-order valence-corrected chi connectivity index (χ2v) is 10.5. The largest absolute Gasteiger partial charge is 0.456 e. The quantitative estimate of drug-likeness (QED) is 0.291. The Balaban J connectivity index is 1.76. The molecule has 0 aliphatic heterocycles. The molecule has 0 saturated carbocycles. The smallest absolute Gasteiger partial charge is 0.416 e. The van der Waals surface area contributed by atoms with Crippen LogP contribution in [0.25, 0.3) is 10.9 Å². The first kappa shape index (κ1) is 27.4. The fraction of sp³-hybridized carbons (Fsp3) is 0.360. The number of carbonyl (C=O) groups is 2. The van der Waals surface area contributed by atoms with Crippen LogP contribution in [-0.2, 0) is 32.2 Å². The van der Waals surface area contributed by atoms with Crippen molar-refractivity contribution < 1.29 is 35.9 Å². The minimum Gasteiger partial charge on any atom is -0.456 e. The van der Waals surface area contributed by atoms with Gasteiger partial charge in [-0.05, 0) is 42.5 Å². The molecule has 1 aromatic heterocycles. The number of aryl methyl sites for hydroxylation is 1. The lowest BCUT2D eigenvalue weighted by molar-refractivity contribution is -0.145. The molecule has 3 rings (SSSR count). The zero-order valence-corrected chi connectivity index (χ0v) is 20.8. The Labute approximate surface area is 207 Å². The number of hydrogen-bond acceptors (Lipinski definition) is 5. The highest BCUT2D eigenvalue weighted by molar-refractivity contribution is 7.89. The Hall–Kier alpha value is -3.18. The molecule has 1 unspecified atom stereocenters. The molecular weight excluding hydrogens is 497 g/mol. The first-order valence-electron chi connectivity index (χ1n) is 11.3. The average Bonchev–Trinajstić information content (AvgIpc) is 3.25. The predicted octanol–water partition coefficient (Wildman–Crippen LogP) is 4.87. The van der Waals surface area contributed by atoms with Gasteiger partial charge in [-0.25, -0.2) is 8.42 Å². The van der Waals surface area contributed by atoms with Gasteiger partial charge in [-0.1, -0.05) is 45.0 Å². The SMILES string of the molecule is CCc1cccc2c(C(=O)COC(=O)C(CC(C)C)NS(=O)(=O)c3cccc(C(F)(F)F)c3)c[nH]c12. The third-order valence-electron chi connectivity index (χ3n) is 5.59. The Morgan fingerprint density at radius 2 is 1.81 bits per heavy atom. The molecule has 36 heavy (non-hydrogen) atoms. The average molecular weight is 525 g/mol. The van der Waals surface area contributed by atoms with Crippen molar-refractivity contribution in [3.8, 4) is 0 Å². The number of rotatable bonds is 10.